The molecule has 3 saturated heterocycles. The van der Waals surface area contributed by atoms with Crippen LogP contribution in [0.15, 0.2) is 18.5 Å². The molecule has 0 spiro atoms. The van der Waals surface area contributed by atoms with Gasteiger partial charge in [-0.15, -0.1) is 0 Å². The number of benzene rings is 1. The number of likely N-dealkylation sites (tertiary alicyclic amines) is 1. The van der Waals surface area contributed by atoms with Gasteiger partial charge in [0.1, 0.15) is 24.6 Å². The molecule has 5 heterocycles. The average molecular weight is 491 g/mol. The van der Waals surface area contributed by atoms with E-state index in [0.29, 0.717) is 60.8 Å². The fraction of sp³-hybridized carbons (Fsp3) is 0.583. The number of halogens is 3. The first-order chi connectivity index (χ1) is 17.0. The average Bonchev–Trinajstić information content (AvgIpc) is 3.02. The zero-order valence-corrected chi connectivity index (χ0v) is 19.4. The molecular formula is C24H29F3N6O2. The van der Waals surface area contributed by atoms with E-state index in [1.54, 1.807) is 6.07 Å². The summed E-state index contributed by atoms with van der Waals surface area (Å²) in [5.74, 6) is 1.04. The van der Waals surface area contributed by atoms with Crippen LogP contribution in [0.4, 0.5) is 30.5 Å². The standard InChI is InChI=1S/C24H29F3N6O2/c25-24(26,27)19-9-15(16-11-33(12-16)17-1-3-28-4-2-17)10-20-21(19)35-13-18-22(31-20)29-14-30-23(18)32-5-7-34-8-6-32/h9-10,14,16-17,28H,1-8,11-13H2,(H,29,30,31). The molecule has 4 aliphatic heterocycles. The van der Waals surface area contributed by atoms with Gasteiger partial charge in [-0.25, -0.2) is 9.97 Å². The van der Waals surface area contributed by atoms with Crippen molar-refractivity contribution in [2.45, 2.75) is 37.6 Å². The Morgan fingerprint density at radius 2 is 1.80 bits per heavy atom. The zero-order valence-electron chi connectivity index (χ0n) is 19.4. The number of nitrogens with zero attached hydrogens (tertiary/aromatic N) is 4. The first kappa shape index (κ1) is 22.8. The Balaban J connectivity index is 1.30. The van der Waals surface area contributed by atoms with Crippen LogP contribution >= 0.6 is 0 Å². The van der Waals surface area contributed by atoms with Crippen LogP contribution in [-0.2, 0) is 17.5 Å². The second-order valence-corrected chi connectivity index (χ2v) is 9.61. The van der Waals surface area contributed by atoms with Crippen molar-refractivity contribution in [1.82, 2.24) is 20.2 Å². The van der Waals surface area contributed by atoms with E-state index < -0.39 is 11.7 Å². The fourth-order valence-electron chi connectivity index (χ4n) is 5.50. The lowest BCUT2D eigenvalue weighted by Crippen LogP contribution is -2.53. The van der Waals surface area contributed by atoms with Crippen molar-refractivity contribution < 1.29 is 22.6 Å². The van der Waals surface area contributed by atoms with Gasteiger partial charge in [-0.05, 0) is 43.6 Å². The second kappa shape index (κ2) is 9.11. The molecule has 0 aliphatic carbocycles. The van der Waals surface area contributed by atoms with Gasteiger partial charge in [0.05, 0.1) is 30.0 Å². The van der Waals surface area contributed by atoms with Gasteiger partial charge in [0, 0.05) is 38.1 Å². The number of morpholine rings is 1. The van der Waals surface area contributed by atoms with E-state index in [1.165, 1.54) is 12.4 Å². The Morgan fingerprint density at radius 1 is 1.03 bits per heavy atom. The number of piperidine rings is 1. The number of anilines is 3. The summed E-state index contributed by atoms with van der Waals surface area (Å²) in [6.07, 6.45) is -0.918. The van der Waals surface area contributed by atoms with Crippen LogP contribution in [0.3, 0.4) is 0 Å². The molecule has 1 aromatic heterocycles. The third-order valence-corrected chi connectivity index (χ3v) is 7.47. The molecule has 0 amide bonds. The highest BCUT2D eigenvalue weighted by molar-refractivity contribution is 5.74. The molecule has 4 aliphatic rings. The Kier molecular flexibility index (Phi) is 5.93. The Hall–Kier alpha value is -2.63. The number of hydrogen-bond donors (Lipinski definition) is 2. The fourth-order valence-corrected chi connectivity index (χ4v) is 5.50. The minimum Gasteiger partial charge on any atom is -0.486 e. The summed E-state index contributed by atoms with van der Waals surface area (Å²) in [5.41, 5.74) is 0.899. The maximum absolute atomic E-state index is 14.2. The predicted octanol–water partition coefficient (Wildman–Crippen LogP) is 3.12. The van der Waals surface area contributed by atoms with E-state index in [4.69, 9.17) is 9.47 Å². The van der Waals surface area contributed by atoms with Crippen molar-refractivity contribution in [2.24, 2.45) is 0 Å². The molecule has 2 N–H and O–H groups in total. The molecule has 35 heavy (non-hydrogen) atoms. The Bertz CT molecular complexity index is 1080. The molecule has 0 unspecified atom stereocenters. The number of nitrogens with one attached hydrogen (secondary N) is 2. The smallest absolute Gasteiger partial charge is 0.420 e. The van der Waals surface area contributed by atoms with Gasteiger partial charge in [0.15, 0.2) is 5.75 Å². The van der Waals surface area contributed by atoms with Crippen LogP contribution < -0.4 is 20.3 Å². The van der Waals surface area contributed by atoms with Crippen molar-refractivity contribution in [3.8, 4) is 5.75 Å². The van der Waals surface area contributed by atoms with E-state index in [1.807, 2.05) is 0 Å². The van der Waals surface area contributed by atoms with E-state index in [-0.39, 0.29) is 18.3 Å². The van der Waals surface area contributed by atoms with Gasteiger partial charge in [0.2, 0.25) is 0 Å². The van der Waals surface area contributed by atoms with Crippen LogP contribution in [0, 0.1) is 0 Å². The van der Waals surface area contributed by atoms with E-state index in [2.05, 4.69) is 30.4 Å². The number of hydrogen-bond acceptors (Lipinski definition) is 8. The van der Waals surface area contributed by atoms with Gasteiger partial charge >= 0.3 is 6.18 Å². The van der Waals surface area contributed by atoms with Gasteiger partial charge in [-0.3, -0.25) is 4.90 Å². The number of alkyl halides is 3. The quantitative estimate of drug-likeness (QED) is 0.680. The summed E-state index contributed by atoms with van der Waals surface area (Å²) in [6.45, 7) is 5.97. The molecule has 0 bridgehead atoms. The summed E-state index contributed by atoms with van der Waals surface area (Å²) < 4.78 is 53.8. The predicted molar refractivity (Wildman–Crippen MR) is 124 cm³/mol. The molecule has 0 saturated carbocycles. The number of fused-ring (bicyclic) bond motifs is 2. The van der Waals surface area contributed by atoms with Crippen LogP contribution in [-0.4, -0.2) is 73.4 Å². The van der Waals surface area contributed by atoms with Crippen molar-refractivity contribution in [3.63, 3.8) is 0 Å². The lowest BCUT2D eigenvalue weighted by molar-refractivity contribution is -0.139. The lowest BCUT2D eigenvalue weighted by Gasteiger charge is -2.46. The van der Waals surface area contributed by atoms with Crippen molar-refractivity contribution in [1.29, 1.82) is 0 Å². The monoisotopic (exact) mass is 490 g/mol. The van der Waals surface area contributed by atoms with E-state index >= 15 is 0 Å². The maximum Gasteiger partial charge on any atom is 0.420 e. The molecule has 2 aromatic rings. The highest BCUT2D eigenvalue weighted by Gasteiger charge is 2.40. The van der Waals surface area contributed by atoms with Crippen molar-refractivity contribution in [2.75, 3.05) is 62.7 Å². The normalized spacial score (nSPS) is 21.9. The minimum atomic E-state index is -4.53. The molecular weight excluding hydrogens is 461 g/mol. The number of rotatable bonds is 3. The zero-order chi connectivity index (χ0) is 24.0. The largest absolute Gasteiger partial charge is 0.486 e. The SMILES string of the molecule is FC(F)(F)c1cc(C2CN(C3CCNCC3)C2)cc2c1OCc1c(ncnc1N1CCOCC1)N2. The van der Waals surface area contributed by atoms with Gasteiger partial charge in [0.25, 0.3) is 0 Å². The lowest BCUT2D eigenvalue weighted by atomic mass is 9.86. The minimum absolute atomic E-state index is 0.0434. The Morgan fingerprint density at radius 3 is 2.54 bits per heavy atom. The van der Waals surface area contributed by atoms with Crippen LogP contribution in [0.1, 0.15) is 35.4 Å². The van der Waals surface area contributed by atoms with E-state index in [0.717, 1.165) is 39.0 Å². The summed E-state index contributed by atoms with van der Waals surface area (Å²) >= 11 is 0. The van der Waals surface area contributed by atoms with Crippen LogP contribution in [0.5, 0.6) is 5.75 Å². The molecule has 11 heteroatoms. The summed E-state index contributed by atoms with van der Waals surface area (Å²) in [4.78, 5) is 13.2. The summed E-state index contributed by atoms with van der Waals surface area (Å²) in [7, 11) is 0. The highest BCUT2D eigenvalue weighted by atomic mass is 19.4. The first-order valence-corrected chi connectivity index (χ1v) is 12.2. The second-order valence-electron chi connectivity index (χ2n) is 9.61. The molecule has 3 fully saturated rings. The molecule has 0 atom stereocenters. The summed E-state index contributed by atoms with van der Waals surface area (Å²) in [6, 6.07) is 3.59. The van der Waals surface area contributed by atoms with Crippen LogP contribution in [0.25, 0.3) is 0 Å². The molecule has 0 radical (unpaired) electrons. The van der Waals surface area contributed by atoms with Crippen LogP contribution in [0.2, 0.25) is 0 Å². The molecule has 8 nitrogen and oxygen atoms in total. The first-order valence-electron chi connectivity index (χ1n) is 12.2. The highest BCUT2D eigenvalue weighted by Crippen LogP contribution is 2.47. The number of aromatic nitrogens is 2. The van der Waals surface area contributed by atoms with E-state index in [9.17, 15) is 13.2 Å². The third kappa shape index (κ3) is 4.41. The van der Waals surface area contributed by atoms with Gasteiger partial charge in [-0.1, -0.05) is 0 Å². The molecule has 1 aromatic carbocycles. The van der Waals surface area contributed by atoms with Crippen molar-refractivity contribution in [3.05, 3.63) is 35.2 Å². The van der Waals surface area contributed by atoms with Crippen molar-refractivity contribution >= 4 is 17.3 Å². The summed E-state index contributed by atoms with van der Waals surface area (Å²) in [5, 5.41) is 6.52. The van der Waals surface area contributed by atoms with Gasteiger partial charge in [-0.2, -0.15) is 13.2 Å². The van der Waals surface area contributed by atoms with Gasteiger partial charge < -0.3 is 25.0 Å². The maximum atomic E-state index is 14.2. The topological polar surface area (TPSA) is 74.8 Å². The Labute approximate surface area is 201 Å². The number of ether oxygens (including phenoxy) is 2. The molecule has 188 valence electrons. The third-order valence-electron chi connectivity index (χ3n) is 7.47. The molecule has 6 rings (SSSR count).